The van der Waals surface area contributed by atoms with E-state index in [-0.39, 0.29) is 11.7 Å². The molecular weight excluding hydrogens is 482 g/mol. The Morgan fingerprint density at radius 1 is 1.06 bits per heavy atom. The van der Waals surface area contributed by atoms with Gasteiger partial charge >= 0.3 is 0 Å². The first-order valence-electron chi connectivity index (χ1n) is 9.48. The van der Waals surface area contributed by atoms with Crippen LogP contribution >= 0.6 is 28.1 Å². The summed E-state index contributed by atoms with van der Waals surface area (Å²) in [5, 5.41) is 2.46. The molecule has 0 atom stereocenters. The molecule has 0 unspecified atom stereocenters. The molecule has 7 nitrogen and oxygen atoms in total. The molecule has 164 valence electrons. The molecule has 0 spiro atoms. The summed E-state index contributed by atoms with van der Waals surface area (Å²) in [5.74, 6) is 0.198. The monoisotopic (exact) mass is 505 g/mol. The molecule has 2 amide bonds. The van der Waals surface area contributed by atoms with Crippen molar-refractivity contribution in [2.45, 2.75) is 13.8 Å². The van der Waals surface area contributed by atoms with Crippen molar-refractivity contribution in [1.82, 2.24) is 16.2 Å². The topological polar surface area (TPSA) is 88.7 Å². The number of hydrogen-bond donors (Lipinski definition) is 3. The van der Waals surface area contributed by atoms with E-state index in [1.807, 2.05) is 13.8 Å². The summed E-state index contributed by atoms with van der Waals surface area (Å²) in [6.45, 7) is 8.35. The number of thiocarbonyl (C=S) groups is 1. The fourth-order valence-electron chi connectivity index (χ4n) is 2.37. The van der Waals surface area contributed by atoms with Crippen molar-refractivity contribution in [3.8, 4) is 11.5 Å². The molecule has 0 saturated carbocycles. The van der Waals surface area contributed by atoms with E-state index >= 15 is 0 Å². The van der Waals surface area contributed by atoms with Crippen molar-refractivity contribution in [3.05, 3.63) is 70.7 Å². The number of hydrazine groups is 1. The van der Waals surface area contributed by atoms with Crippen LogP contribution in [0.15, 0.2) is 59.6 Å². The summed E-state index contributed by atoms with van der Waals surface area (Å²) in [4.78, 5) is 25.1. The van der Waals surface area contributed by atoms with Gasteiger partial charge in [-0.2, -0.15) is 0 Å². The second kappa shape index (κ2) is 12.1. The minimum absolute atomic E-state index is 0.0716. The maximum Gasteiger partial charge on any atom is 0.273 e. The quantitative estimate of drug-likeness (QED) is 0.285. The molecule has 2 aromatic rings. The molecule has 3 N–H and O–H groups in total. The minimum Gasteiger partial charge on any atom is -0.492 e. The molecule has 2 rings (SSSR count). The molecule has 9 heteroatoms. The highest BCUT2D eigenvalue weighted by atomic mass is 79.9. The van der Waals surface area contributed by atoms with Gasteiger partial charge in [0, 0.05) is 4.47 Å². The van der Waals surface area contributed by atoms with Crippen molar-refractivity contribution in [1.29, 1.82) is 0 Å². The summed E-state index contributed by atoms with van der Waals surface area (Å²) < 4.78 is 11.9. The van der Waals surface area contributed by atoms with E-state index in [1.54, 1.807) is 48.5 Å². The fourth-order valence-corrected chi connectivity index (χ4v) is 2.88. The van der Waals surface area contributed by atoms with Gasteiger partial charge < -0.3 is 9.47 Å². The fraction of sp³-hybridized carbons (Fsp3) is 0.227. The van der Waals surface area contributed by atoms with Gasteiger partial charge in [-0.25, -0.2) is 0 Å². The van der Waals surface area contributed by atoms with E-state index in [4.69, 9.17) is 21.7 Å². The van der Waals surface area contributed by atoms with E-state index in [2.05, 4.69) is 38.7 Å². The van der Waals surface area contributed by atoms with Gasteiger partial charge in [0.1, 0.15) is 18.1 Å². The molecule has 0 fully saturated rings. The molecule has 0 aliphatic heterocycles. The van der Waals surface area contributed by atoms with Gasteiger partial charge in [-0.15, -0.1) is 0 Å². The standard InChI is InChI=1S/C22H24BrN3O4S/c1-4-11-29-18-8-6-5-7-16(18)21(28)25-26-22(31)24-20(27)17-12-15(23)9-10-19(17)30-13-14(2)3/h4-10,12,14H,1,11,13H2,2-3H3,(H,25,28)(H2,24,26,27,31). The van der Waals surface area contributed by atoms with Crippen LogP contribution in [0.5, 0.6) is 11.5 Å². The lowest BCUT2D eigenvalue weighted by molar-refractivity contribution is 0.0930. The third-order valence-electron chi connectivity index (χ3n) is 3.76. The van der Waals surface area contributed by atoms with Crippen molar-refractivity contribution in [2.75, 3.05) is 13.2 Å². The molecule has 31 heavy (non-hydrogen) atoms. The van der Waals surface area contributed by atoms with Crippen LogP contribution < -0.4 is 25.6 Å². The van der Waals surface area contributed by atoms with E-state index in [0.717, 1.165) is 4.47 Å². The number of hydrogen-bond acceptors (Lipinski definition) is 5. The Balaban J connectivity index is 1.99. The number of halogens is 1. The summed E-state index contributed by atoms with van der Waals surface area (Å²) >= 11 is 8.48. The lowest BCUT2D eigenvalue weighted by atomic mass is 10.2. The normalized spacial score (nSPS) is 10.2. The molecule has 0 aromatic heterocycles. The molecule has 0 aliphatic carbocycles. The number of carbonyl (C=O) groups is 2. The lowest BCUT2D eigenvalue weighted by Crippen LogP contribution is -2.48. The van der Waals surface area contributed by atoms with Gasteiger partial charge in [-0.05, 0) is 48.5 Å². The average molecular weight is 506 g/mol. The first-order valence-corrected chi connectivity index (χ1v) is 10.7. The van der Waals surface area contributed by atoms with E-state index in [1.165, 1.54) is 0 Å². The second-order valence-corrected chi connectivity index (χ2v) is 8.13. The zero-order valence-corrected chi connectivity index (χ0v) is 19.6. The molecule has 0 aliphatic rings. The Bertz CT molecular complexity index is 966. The number of carbonyl (C=O) groups excluding carboxylic acids is 2. The number of para-hydroxylation sites is 1. The van der Waals surface area contributed by atoms with Crippen LogP contribution in [0.25, 0.3) is 0 Å². The highest BCUT2D eigenvalue weighted by Crippen LogP contribution is 2.24. The number of nitrogens with one attached hydrogen (secondary N) is 3. The zero-order chi connectivity index (χ0) is 22.8. The van der Waals surface area contributed by atoms with Crippen molar-refractivity contribution in [3.63, 3.8) is 0 Å². The smallest absolute Gasteiger partial charge is 0.273 e. The minimum atomic E-state index is -0.473. The average Bonchev–Trinajstić information content (AvgIpc) is 2.75. The Morgan fingerprint density at radius 3 is 2.48 bits per heavy atom. The van der Waals surface area contributed by atoms with Crippen LogP contribution in [0.2, 0.25) is 0 Å². The van der Waals surface area contributed by atoms with Crippen molar-refractivity contribution < 1.29 is 19.1 Å². The summed E-state index contributed by atoms with van der Waals surface area (Å²) in [5.41, 5.74) is 5.59. The molecule has 2 aromatic carbocycles. The van der Waals surface area contributed by atoms with Crippen LogP contribution in [-0.4, -0.2) is 30.1 Å². The first kappa shape index (κ1) is 24.4. The van der Waals surface area contributed by atoms with Gasteiger partial charge in [0.05, 0.1) is 17.7 Å². The van der Waals surface area contributed by atoms with E-state index in [9.17, 15) is 9.59 Å². The largest absolute Gasteiger partial charge is 0.492 e. The van der Waals surface area contributed by atoms with Crippen LogP contribution in [0.1, 0.15) is 34.6 Å². The van der Waals surface area contributed by atoms with Crippen molar-refractivity contribution in [2.24, 2.45) is 5.92 Å². The maximum atomic E-state index is 12.7. The van der Waals surface area contributed by atoms with Crippen LogP contribution in [0.3, 0.4) is 0 Å². The van der Waals surface area contributed by atoms with Gasteiger partial charge in [0.15, 0.2) is 5.11 Å². The Hall–Kier alpha value is -2.91. The predicted molar refractivity (Wildman–Crippen MR) is 127 cm³/mol. The third-order valence-corrected chi connectivity index (χ3v) is 4.46. The summed E-state index contributed by atoms with van der Waals surface area (Å²) in [7, 11) is 0. The second-order valence-electron chi connectivity index (χ2n) is 6.80. The SMILES string of the molecule is C=CCOc1ccccc1C(=O)NNC(=S)NC(=O)c1cc(Br)ccc1OCC(C)C. The lowest BCUT2D eigenvalue weighted by Gasteiger charge is -2.15. The number of benzene rings is 2. The maximum absolute atomic E-state index is 12.7. The Kier molecular flexibility index (Phi) is 9.48. The van der Waals surface area contributed by atoms with E-state index < -0.39 is 11.8 Å². The van der Waals surface area contributed by atoms with E-state index in [0.29, 0.717) is 35.2 Å². The number of amides is 2. The Morgan fingerprint density at radius 2 is 1.77 bits per heavy atom. The molecule has 0 saturated heterocycles. The highest BCUT2D eigenvalue weighted by molar-refractivity contribution is 9.10. The Labute approximate surface area is 195 Å². The van der Waals surface area contributed by atoms with Gasteiger partial charge in [0.25, 0.3) is 11.8 Å². The molecule has 0 radical (unpaired) electrons. The van der Waals surface area contributed by atoms with Crippen LogP contribution in [-0.2, 0) is 0 Å². The van der Waals surface area contributed by atoms with Crippen LogP contribution in [0.4, 0.5) is 0 Å². The van der Waals surface area contributed by atoms with Crippen LogP contribution in [0, 0.1) is 5.92 Å². The van der Waals surface area contributed by atoms with Gasteiger partial charge in [0.2, 0.25) is 0 Å². The van der Waals surface area contributed by atoms with Gasteiger partial charge in [-0.3, -0.25) is 25.8 Å². The third kappa shape index (κ3) is 7.69. The number of ether oxygens (including phenoxy) is 2. The van der Waals surface area contributed by atoms with Crippen molar-refractivity contribution >= 4 is 45.1 Å². The molecular formula is C22H24BrN3O4S. The first-order chi connectivity index (χ1) is 14.8. The summed E-state index contributed by atoms with van der Waals surface area (Å²) in [6, 6.07) is 11.9. The van der Waals surface area contributed by atoms with Gasteiger partial charge in [-0.1, -0.05) is 54.6 Å². The molecule has 0 bridgehead atoms. The number of rotatable bonds is 8. The predicted octanol–water partition coefficient (Wildman–Crippen LogP) is 4.00. The summed E-state index contributed by atoms with van der Waals surface area (Å²) in [6.07, 6.45) is 1.58. The zero-order valence-electron chi connectivity index (χ0n) is 17.2. The molecule has 0 heterocycles. The highest BCUT2D eigenvalue weighted by Gasteiger charge is 2.16.